The van der Waals surface area contributed by atoms with Crippen LogP contribution in [0.4, 0.5) is 0 Å². The predicted octanol–water partition coefficient (Wildman–Crippen LogP) is -0.613. The Bertz CT molecular complexity index is 217. The molecule has 2 atom stereocenters. The molecule has 2 fully saturated rings. The van der Waals surface area contributed by atoms with E-state index >= 15 is 0 Å². The molecule has 4 heteroatoms. The number of hydrogen-bond donors (Lipinski definition) is 2. The molecule has 1 aliphatic heterocycles. The summed E-state index contributed by atoms with van der Waals surface area (Å²) >= 11 is 0. The summed E-state index contributed by atoms with van der Waals surface area (Å²) in [6, 6.07) is 0. The molecule has 0 aromatic heterocycles. The Balaban J connectivity index is 1.83. The molecule has 4 nitrogen and oxygen atoms in total. The second kappa shape index (κ2) is 5.45. The zero-order valence-corrected chi connectivity index (χ0v) is 10.4. The van der Waals surface area contributed by atoms with E-state index in [2.05, 4.69) is 17.3 Å². The first-order valence-corrected chi connectivity index (χ1v) is 6.47. The average Bonchev–Trinajstić information content (AvgIpc) is 2.75. The van der Waals surface area contributed by atoms with Gasteiger partial charge in [0.25, 0.3) is 0 Å². The predicted molar refractivity (Wildman–Crippen MR) is 62.0 cm³/mol. The number of hydrogen-bond acceptors (Lipinski definition) is 3. The Morgan fingerprint density at radius 2 is 2.00 bits per heavy atom. The van der Waals surface area contributed by atoms with Gasteiger partial charge in [-0.1, -0.05) is 0 Å². The highest BCUT2D eigenvalue weighted by Crippen LogP contribution is 2.29. The smallest absolute Gasteiger partial charge is 0.169 e. The number of ether oxygens (including phenoxy) is 1. The summed E-state index contributed by atoms with van der Waals surface area (Å²) in [5.41, 5.74) is 0. The summed E-state index contributed by atoms with van der Waals surface area (Å²) in [5.74, 6) is 0.466. The largest absolute Gasteiger partial charge is 0.385 e. The molecule has 0 aromatic carbocycles. The molecule has 1 aliphatic carbocycles. The van der Waals surface area contributed by atoms with Gasteiger partial charge in [0.1, 0.15) is 6.10 Å². The minimum absolute atomic E-state index is 0.176. The maximum atomic E-state index is 10.4. The number of nitrogens with two attached hydrogens (primary N) is 1. The molecule has 16 heavy (non-hydrogen) atoms. The van der Waals surface area contributed by atoms with E-state index in [9.17, 15) is 5.11 Å². The van der Waals surface area contributed by atoms with Crippen LogP contribution in [0.3, 0.4) is 0 Å². The van der Waals surface area contributed by atoms with Crippen LogP contribution >= 0.6 is 0 Å². The average molecular weight is 229 g/mol. The number of likely N-dealkylation sites (N-methyl/N-ethyl adjacent to an activating group) is 1. The summed E-state index contributed by atoms with van der Waals surface area (Å²) in [6.45, 7) is 2.21. The van der Waals surface area contributed by atoms with Gasteiger partial charge in [-0.2, -0.15) is 0 Å². The Morgan fingerprint density at radius 1 is 1.31 bits per heavy atom. The minimum atomic E-state index is -0.176. The topological polar surface area (TPSA) is 49.3 Å². The summed E-state index contributed by atoms with van der Waals surface area (Å²) in [6.07, 6.45) is 4.96. The van der Waals surface area contributed by atoms with Crippen LogP contribution in [0.25, 0.3) is 0 Å². The van der Waals surface area contributed by atoms with Crippen molar-refractivity contribution in [1.29, 1.82) is 0 Å². The van der Waals surface area contributed by atoms with Crippen molar-refractivity contribution in [1.82, 2.24) is 4.90 Å². The van der Waals surface area contributed by atoms with Gasteiger partial charge in [0.15, 0.2) is 6.17 Å². The number of rotatable bonds is 3. The second-order valence-electron chi connectivity index (χ2n) is 5.26. The van der Waals surface area contributed by atoms with Gasteiger partial charge in [-0.15, -0.1) is 0 Å². The highest BCUT2D eigenvalue weighted by Gasteiger charge is 2.37. The lowest BCUT2D eigenvalue weighted by Crippen LogP contribution is -2.91. The molecule has 0 spiro atoms. The van der Waals surface area contributed by atoms with Crippen molar-refractivity contribution in [2.45, 2.75) is 44.1 Å². The summed E-state index contributed by atoms with van der Waals surface area (Å²) in [5, 5.41) is 12.7. The van der Waals surface area contributed by atoms with Crippen molar-refractivity contribution < 1.29 is 15.2 Å². The van der Waals surface area contributed by atoms with Gasteiger partial charge >= 0.3 is 0 Å². The third-order valence-corrected chi connectivity index (χ3v) is 4.28. The molecule has 2 rings (SSSR count). The Hall–Kier alpha value is -0.160. The van der Waals surface area contributed by atoms with Crippen molar-refractivity contribution in [2.24, 2.45) is 5.92 Å². The summed E-state index contributed by atoms with van der Waals surface area (Å²) < 4.78 is 5.37. The van der Waals surface area contributed by atoms with Crippen LogP contribution in [0.5, 0.6) is 0 Å². The molecule has 3 N–H and O–H groups in total. The lowest BCUT2D eigenvalue weighted by Gasteiger charge is -2.33. The van der Waals surface area contributed by atoms with Gasteiger partial charge in [-0.05, 0) is 38.6 Å². The standard InChI is InChI=1S/C12H24N2O2/c1-14-8-7-13-12(14)11(15)9-3-5-10(16-2)6-4-9/h9-13,15H,3-8H2,1-2H3/p+1. The monoisotopic (exact) mass is 229 g/mol. The first kappa shape index (κ1) is 12.3. The van der Waals surface area contributed by atoms with E-state index in [0.717, 1.165) is 38.8 Å². The van der Waals surface area contributed by atoms with Crippen LogP contribution in [-0.4, -0.2) is 55.6 Å². The molecule has 2 aliphatic rings. The zero-order chi connectivity index (χ0) is 11.5. The molecular weight excluding hydrogens is 204 g/mol. The third-order valence-electron chi connectivity index (χ3n) is 4.28. The van der Waals surface area contributed by atoms with Crippen molar-refractivity contribution in [3.63, 3.8) is 0 Å². The van der Waals surface area contributed by atoms with E-state index in [1.54, 1.807) is 7.11 Å². The van der Waals surface area contributed by atoms with E-state index in [0.29, 0.717) is 12.0 Å². The maximum Gasteiger partial charge on any atom is 0.169 e. The summed E-state index contributed by atoms with van der Waals surface area (Å²) in [4.78, 5) is 2.27. The molecule has 2 unspecified atom stereocenters. The molecule has 0 radical (unpaired) electrons. The van der Waals surface area contributed by atoms with Gasteiger partial charge in [0.2, 0.25) is 0 Å². The fourth-order valence-corrected chi connectivity index (χ4v) is 3.12. The Kier molecular flexibility index (Phi) is 4.19. The van der Waals surface area contributed by atoms with Crippen LogP contribution in [0.15, 0.2) is 0 Å². The van der Waals surface area contributed by atoms with Crippen molar-refractivity contribution in [3.05, 3.63) is 0 Å². The highest BCUT2D eigenvalue weighted by atomic mass is 16.5. The molecule has 0 aromatic rings. The number of nitrogens with zero attached hydrogens (tertiary/aromatic N) is 1. The number of methoxy groups -OCH3 is 1. The number of quaternary nitrogens is 1. The fourth-order valence-electron chi connectivity index (χ4n) is 3.12. The molecule has 1 heterocycles. The van der Waals surface area contributed by atoms with Gasteiger partial charge in [-0.3, -0.25) is 0 Å². The molecule has 0 amide bonds. The SMILES string of the molecule is COC1CCC(C(O)C2[NH2+]CCN2C)CC1. The normalized spacial score (nSPS) is 38.8. The van der Waals surface area contributed by atoms with Gasteiger partial charge in [-0.25, -0.2) is 4.90 Å². The molecule has 94 valence electrons. The fraction of sp³-hybridized carbons (Fsp3) is 1.00. The molecule has 0 bridgehead atoms. The molecular formula is C12H25N2O2+. The lowest BCUT2D eigenvalue weighted by molar-refractivity contribution is -0.688. The zero-order valence-electron chi connectivity index (χ0n) is 10.4. The van der Waals surface area contributed by atoms with E-state index in [1.807, 2.05) is 0 Å². The van der Waals surface area contributed by atoms with E-state index < -0.39 is 0 Å². The minimum Gasteiger partial charge on any atom is -0.385 e. The lowest BCUT2D eigenvalue weighted by atomic mass is 9.82. The van der Waals surface area contributed by atoms with Gasteiger partial charge in [0.05, 0.1) is 19.2 Å². The van der Waals surface area contributed by atoms with Gasteiger partial charge < -0.3 is 15.2 Å². The number of aliphatic hydroxyl groups is 1. The first-order chi connectivity index (χ1) is 7.72. The molecule has 1 saturated heterocycles. The third kappa shape index (κ3) is 2.56. The highest BCUT2D eigenvalue weighted by molar-refractivity contribution is 4.82. The van der Waals surface area contributed by atoms with Crippen LogP contribution in [0.1, 0.15) is 25.7 Å². The Labute approximate surface area is 98.0 Å². The van der Waals surface area contributed by atoms with Crippen LogP contribution in [0, 0.1) is 5.92 Å². The maximum absolute atomic E-state index is 10.4. The van der Waals surface area contributed by atoms with E-state index in [1.165, 1.54) is 0 Å². The van der Waals surface area contributed by atoms with Gasteiger partial charge in [0, 0.05) is 7.11 Å². The van der Waals surface area contributed by atoms with Crippen molar-refractivity contribution >= 4 is 0 Å². The van der Waals surface area contributed by atoms with Crippen LogP contribution in [0.2, 0.25) is 0 Å². The van der Waals surface area contributed by atoms with Crippen LogP contribution < -0.4 is 5.32 Å². The first-order valence-electron chi connectivity index (χ1n) is 6.47. The van der Waals surface area contributed by atoms with E-state index in [4.69, 9.17) is 4.74 Å². The second-order valence-corrected chi connectivity index (χ2v) is 5.26. The van der Waals surface area contributed by atoms with Crippen molar-refractivity contribution in [3.8, 4) is 0 Å². The molecule has 1 saturated carbocycles. The summed E-state index contributed by atoms with van der Waals surface area (Å²) in [7, 11) is 3.90. The quantitative estimate of drug-likeness (QED) is 0.678. The van der Waals surface area contributed by atoms with Crippen molar-refractivity contribution in [2.75, 3.05) is 27.2 Å². The Morgan fingerprint density at radius 3 is 2.50 bits per heavy atom. The number of aliphatic hydroxyl groups excluding tert-OH is 1. The van der Waals surface area contributed by atoms with E-state index in [-0.39, 0.29) is 12.3 Å². The van der Waals surface area contributed by atoms with Crippen LogP contribution in [-0.2, 0) is 4.74 Å².